The Hall–Kier alpha value is -1.87. The zero-order valence-corrected chi connectivity index (χ0v) is 14.8. The molecule has 2 aromatic rings. The molecule has 2 nitrogen and oxygen atoms in total. The highest BCUT2D eigenvalue weighted by Gasteiger charge is 2.28. The molecule has 0 heterocycles. The van der Waals surface area contributed by atoms with Crippen molar-refractivity contribution in [2.75, 3.05) is 0 Å². The summed E-state index contributed by atoms with van der Waals surface area (Å²) in [5, 5.41) is -0.596. The highest BCUT2D eigenvalue weighted by atomic mass is 32.2. The van der Waals surface area contributed by atoms with Crippen LogP contribution in [0.5, 0.6) is 0 Å². The number of allylic oxidation sites excluding steroid dienone is 1. The van der Waals surface area contributed by atoms with Crippen molar-refractivity contribution in [3.05, 3.63) is 78.4 Å². The molecule has 1 unspecified atom stereocenters. The number of hydrogen-bond acceptors (Lipinski definition) is 2. The molecule has 1 atom stereocenters. The second kappa shape index (κ2) is 6.71. The van der Waals surface area contributed by atoms with Crippen molar-refractivity contribution in [1.29, 1.82) is 0 Å². The first-order valence-electron chi connectivity index (χ1n) is 7.77. The number of sulfone groups is 1. The monoisotopic (exact) mass is 328 g/mol. The number of benzene rings is 2. The molecule has 23 heavy (non-hydrogen) atoms. The normalized spacial score (nSPS) is 13.5. The summed E-state index contributed by atoms with van der Waals surface area (Å²) in [6.07, 6.45) is 2.06. The van der Waals surface area contributed by atoms with Crippen molar-refractivity contribution < 1.29 is 8.42 Å². The van der Waals surface area contributed by atoms with E-state index < -0.39 is 15.1 Å². The predicted molar refractivity (Wildman–Crippen MR) is 96.3 cm³/mol. The Morgan fingerprint density at radius 1 is 1.00 bits per heavy atom. The van der Waals surface area contributed by atoms with Crippen LogP contribution >= 0.6 is 0 Å². The molecular weight excluding hydrogens is 304 g/mol. The smallest absolute Gasteiger partial charge is 0.185 e. The van der Waals surface area contributed by atoms with E-state index >= 15 is 0 Å². The van der Waals surface area contributed by atoms with Crippen LogP contribution in [0.2, 0.25) is 0 Å². The van der Waals surface area contributed by atoms with E-state index in [0.717, 1.165) is 11.1 Å². The van der Waals surface area contributed by atoms with Crippen LogP contribution in [0.1, 0.15) is 43.6 Å². The van der Waals surface area contributed by atoms with Crippen LogP contribution in [-0.2, 0) is 15.3 Å². The fourth-order valence-corrected chi connectivity index (χ4v) is 4.32. The van der Waals surface area contributed by atoms with Gasteiger partial charge in [0.15, 0.2) is 9.84 Å². The Labute approximate surface area is 139 Å². The van der Waals surface area contributed by atoms with E-state index in [9.17, 15) is 8.42 Å². The van der Waals surface area contributed by atoms with Crippen molar-refractivity contribution in [2.24, 2.45) is 0 Å². The topological polar surface area (TPSA) is 34.1 Å². The van der Waals surface area contributed by atoms with Gasteiger partial charge in [0, 0.05) is 0 Å². The molecule has 0 saturated heterocycles. The highest BCUT2D eigenvalue weighted by Crippen LogP contribution is 2.33. The van der Waals surface area contributed by atoms with Crippen LogP contribution in [0.4, 0.5) is 0 Å². The summed E-state index contributed by atoms with van der Waals surface area (Å²) in [5.41, 5.74) is 1.92. The molecule has 0 fully saturated rings. The van der Waals surface area contributed by atoms with Crippen LogP contribution in [0.25, 0.3) is 0 Å². The van der Waals surface area contributed by atoms with E-state index in [0.29, 0.717) is 11.3 Å². The SMILES string of the molecule is C=CCC(c1ccccc1)S(=O)(=O)c1ccc(C(C)(C)C)cc1. The summed E-state index contributed by atoms with van der Waals surface area (Å²) >= 11 is 0. The molecule has 0 aliphatic heterocycles. The number of rotatable bonds is 5. The van der Waals surface area contributed by atoms with Gasteiger partial charge in [0.2, 0.25) is 0 Å². The minimum atomic E-state index is -3.45. The van der Waals surface area contributed by atoms with Crippen LogP contribution in [-0.4, -0.2) is 8.42 Å². The molecule has 2 aromatic carbocycles. The Kier molecular flexibility index (Phi) is 5.10. The maximum Gasteiger partial charge on any atom is 0.185 e. The van der Waals surface area contributed by atoms with Gasteiger partial charge in [-0.2, -0.15) is 0 Å². The molecule has 0 spiro atoms. The second-order valence-electron chi connectivity index (χ2n) is 6.74. The van der Waals surface area contributed by atoms with Crippen molar-refractivity contribution in [3.63, 3.8) is 0 Å². The largest absolute Gasteiger partial charge is 0.223 e. The summed E-state index contributed by atoms with van der Waals surface area (Å²) in [5.74, 6) is 0. The summed E-state index contributed by atoms with van der Waals surface area (Å²) in [7, 11) is -3.45. The summed E-state index contributed by atoms with van der Waals surface area (Å²) in [6, 6.07) is 16.6. The molecule has 0 aliphatic carbocycles. The third kappa shape index (κ3) is 3.91. The van der Waals surface area contributed by atoms with Crippen LogP contribution in [0.3, 0.4) is 0 Å². The number of hydrogen-bond donors (Lipinski definition) is 0. The molecular formula is C20H24O2S. The summed E-state index contributed by atoms with van der Waals surface area (Å²) in [6.45, 7) is 10.1. The Morgan fingerprint density at radius 2 is 1.57 bits per heavy atom. The standard InChI is InChI=1S/C20H24O2S/c1-5-9-19(16-10-7-6-8-11-16)23(21,22)18-14-12-17(13-15-18)20(2,3)4/h5-8,10-15,19H,1,9H2,2-4H3. The first kappa shape index (κ1) is 17.5. The van der Waals surface area contributed by atoms with Gasteiger partial charge in [0.25, 0.3) is 0 Å². The van der Waals surface area contributed by atoms with Crippen molar-refractivity contribution in [3.8, 4) is 0 Å². The average molecular weight is 328 g/mol. The van der Waals surface area contributed by atoms with E-state index in [1.807, 2.05) is 42.5 Å². The fourth-order valence-electron chi connectivity index (χ4n) is 2.57. The molecule has 2 rings (SSSR count). The van der Waals surface area contributed by atoms with Crippen molar-refractivity contribution in [2.45, 2.75) is 42.8 Å². The zero-order chi connectivity index (χ0) is 17.1. The van der Waals surface area contributed by atoms with Gasteiger partial charge in [-0.25, -0.2) is 8.42 Å². The van der Waals surface area contributed by atoms with Gasteiger partial charge in [-0.15, -0.1) is 6.58 Å². The van der Waals surface area contributed by atoms with Crippen molar-refractivity contribution in [1.82, 2.24) is 0 Å². The minimum Gasteiger partial charge on any atom is -0.223 e. The molecule has 0 saturated carbocycles. The Bertz CT molecular complexity index is 752. The lowest BCUT2D eigenvalue weighted by Crippen LogP contribution is -2.15. The molecule has 3 heteroatoms. The molecule has 0 N–H and O–H groups in total. The van der Waals surface area contributed by atoms with Gasteiger partial charge < -0.3 is 0 Å². The maximum absolute atomic E-state index is 13.0. The first-order valence-corrected chi connectivity index (χ1v) is 9.31. The third-order valence-electron chi connectivity index (χ3n) is 3.98. The van der Waals surface area contributed by atoms with Crippen molar-refractivity contribution >= 4 is 9.84 Å². The molecule has 0 aliphatic rings. The second-order valence-corrected chi connectivity index (χ2v) is 8.87. The summed E-state index contributed by atoms with van der Waals surface area (Å²) in [4.78, 5) is 0.362. The molecule has 122 valence electrons. The highest BCUT2D eigenvalue weighted by molar-refractivity contribution is 7.91. The Balaban J connectivity index is 2.44. The van der Waals surface area contributed by atoms with E-state index in [1.165, 1.54) is 0 Å². The molecule has 0 radical (unpaired) electrons. The van der Waals surface area contributed by atoms with Crippen LogP contribution < -0.4 is 0 Å². The van der Waals surface area contributed by atoms with Gasteiger partial charge in [0.1, 0.15) is 0 Å². The van der Waals surface area contributed by atoms with Gasteiger partial charge in [-0.05, 0) is 35.1 Å². The van der Waals surface area contributed by atoms with E-state index in [4.69, 9.17) is 0 Å². The van der Waals surface area contributed by atoms with E-state index in [2.05, 4.69) is 27.4 Å². The van der Waals surface area contributed by atoms with Gasteiger partial charge in [0.05, 0.1) is 10.1 Å². The van der Waals surface area contributed by atoms with Crippen LogP contribution in [0, 0.1) is 0 Å². The fraction of sp³-hybridized carbons (Fsp3) is 0.300. The third-order valence-corrected chi connectivity index (χ3v) is 6.12. The minimum absolute atomic E-state index is 0.00222. The quantitative estimate of drug-likeness (QED) is 0.718. The van der Waals surface area contributed by atoms with Gasteiger partial charge in [-0.3, -0.25) is 0 Å². The molecule has 0 aromatic heterocycles. The Morgan fingerprint density at radius 3 is 2.04 bits per heavy atom. The lowest BCUT2D eigenvalue weighted by Gasteiger charge is -2.20. The maximum atomic E-state index is 13.0. The lowest BCUT2D eigenvalue weighted by molar-refractivity contribution is 0.579. The lowest BCUT2D eigenvalue weighted by atomic mass is 9.87. The average Bonchev–Trinajstić information content (AvgIpc) is 2.52. The molecule has 0 bridgehead atoms. The molecule has 0 amide bonds. The van der Waals surface area contributed by atoms with E-state index in [1.54, 1.807) is 18.2 Å². The zero-order valence-electron chi connectivity index (χ0n) is 14.0. The van der Waals surface area contributed by atoms with Crippen LogP contribution in [0.15, 0.2) is 72.1 Å². The summed E-state index contributed by atoms with van der Waals surface area (Å²) < 4.78 is 26.1. The van der Waals surface area contributed by atoms with Gasteiger partial charge in [-0.1, -0.05) is 69.3 Å². The van der Waals surface area contributed by atoms with E-state index in [-0.39, 0.29) is 5.41 Å². The predicted octanol–water partition coefficient (Wildman–Crippen LogP) is 5.08. The first-order chi connectivity index (χ1) is 10.8. The van der Waals surface area contributed by atoms with Gasteiger partial charge >= 0.3 is 0 Å².